The molecule has 2 saturated heterocycles. The number of amides is 3. The van der Waals surface area contributed by atoms with Crippen molar-refractivity contribution in [2.24, 2.45) is 5.92 Å². The molecule has 1 atom stereocenters. The third-order valence-electron chi connectivity index (χ3n) is 8.48. The summed E-state index contributed by atoms with van der Waals surface area (Å²) < 4.78 is 12.8. The lowest BCUT2D eigenvalue weighted by Crippen LogP contribution is -2.57. The fourth-order valence-corrected chi connectivity index (χ4v) is 6.25. The van der Waals surface area contributed by atoms with E-state index in [0.29, 0.717) is 51.1 Å². The van der Waals surface area contributed by atoms with Gasteiger partial charge in [0.05, 0.1) is 24.0 Å². The quantitative estimate of drug-likeness (QED) is 0.363. The summed E-state index contributed by atoms with van der Waals surface area (Å²) in [6, 6.07) is 10.4. The Labute approximate surface area is 275 Å². The zero-order chi connectivity index (χ0) is 32.4. The van der Waals surface area contributed by atoms with Crippen LogP contribution in [-0.2, 0) is 20.9 Å². The number of rotatable bonds is 8. The van der Waals surface area contributed by atoms with E-state index in [0.717, 1.165) is 48.0 Å². The van der Waals surface area contributed by atoms with E-state index in [-0.39, 0.29) is 23.8 Å². The second-order valence-electron chi connectivity index (χ2n) is 13.9. The molecule has 2 aliphatic heterocycles. The Bertz CT molecular complexity index is 1370. The molecule has 11 heteroatoms. The highest BCUT2D eigenvalue weighted by molar-refractivity contribution is 9.10. The van der Waals surface area contributed by atoms with Gasteiger partial charge in [-0.3, -0.25) is 14.6 Å². The molecule has 0 unspecified atom stereocenters. The number of pyridine rings is 1. The maximum absolute atomic E-state index is 13.8. The number of carbonyl (C=O) groups excluding carboxylic acids is 3. The zero-order valence-electron chi connectivity index (χ0n) is 27.1. The van der Waals surface area contributed by atoms with Crippen LogP contribution in [0.1, 0.15) is 65.9 Å². The summed E-state index contributed by atoms with van der Waals surface area (Å²) >= 11 is 3.50. The van der Waals surface area contributed by atoms with Crippen LogP contribution in [0, 0.1) is 5.92 Å². The van der Waals surface area contributed by atoms with E-state index in [2.05, 4.69) is 42.8 Å². The van der Waals surface area contributed by atoms with Crippen molar-refractivity contribution >= 4 is 39.5 Å². The van der Waals surface area contributed by atoms with Crippen molar-refractivity contribution in [2.75, 3.05) is 44.2 Å². The number of carbonyl (C=O) groups is 3. The third-order valence-corrected chi connectivity index (χ3v) is 9.01. The minimum absolute atomic E-state index is 0.0864. The van der Waals surface area contributed by atoms with Crippen molar-refractivity contribution in [2.45, 2.75) is 84.1 Å². The van der Waals surface area contributed by atoms with Gasteiger partial charge >= 0.3 is 6.09 Å². The second kappa shape index (κ2) is 13.6. The van der Waals surface area contributed by atoms with Crippen molar-refractivity contribution in [1.82, 2.24) is 19.7 Å². The Morgan fingerprint density at radius 2 is 1.60 bits per heavy atom. The normalized spacial score (nSPS) is 19.2. The molecule has 5 rings (SSSR count). The van der Waals surface area contributed by atoms with Crippen molar-refractivity contribution in [3.8, 4) is 5.75 Å². The highest BCUT2D eigenvalue weighted by atomic mass is 79.9. The van der Waals surface area contributed by atoms with Crippen LogP contribution in [0.3, 0.4) is 0 Å². The first-order valence-corrected chi connectivity index (χ1v) is 16.8. The van der Waals surface area contributed by atoms with Gasteiger partial charge in [-0.25, -0.2) is 4.79 Å². The Hall–Kier alpha value is -3.34. The van der Waals surface area contributed by atoms with Crippen LogP contribution in [0.15, 0.2) is 47.2 Å². The molecule has 1 aromatic heterocycles. The molecular weight excluding hydrogens is 638 g/mol. The smallest absolute Gasteiger partial charge is 0.410 e. The van der Waals surface area contributed by atoms with Gasteiger partial charge in [0.1, 0.15) is 11.4 Å². The maximum Gasteiger partial charge on any atom is 0.410 e. The van der Waals surface area contributed by atoms with Crippen LogP contribution in [0.2, 0.25) is 0 Å². The van der Waals surface area contributed by atoms with Crippen molar-refractivity contribution < 1.29 is 23.9 Å². The lowest BCUT2D eigenvalue weighted by Gasteiger charge is -2.39. The topological polar surface area (TPSA) is 95.5 Å². The molecule has 3 fully saturated rings. The SMILES string of the molecule is CC(C)(C)OC(=O)N1CCN(C(=O)C(C)(C)Oc2cncc(N3CCC[C@@H](C(=O)N(Cc4ccc(Br)cc4)C4CC4)C3)c2)CC1. The predicted octanol–water partition coefficient (Wildman–Crippen LogP) is 5.49. The van der Waals surface area contributed by atoms with Gasteiger partial charge in [-0.15, -0.1) is 0 Å². The van der Waals surface area contributed by atoms with Crippen LogP contribution in [0.4, 0.5) is 10.5 Å². The number of aromatic nitrogens is 1. The van der Waals surface area contributed by atoms with Crippen LogP contribution in [0.5, 0.6) is 5.75 Å². The maximum atomic E-state index is 13.8. The predicted molar refractivity (Wildman–Crippen MR) is 176 cm³/mol. The summed E-state index contributed by atoms with van der Waals surface area (Å²) in [5.74, 6) is 0.494. The molecule has 0 radical (unpaired) electrons. The Kier molecular flexibility index (Phi) is 9.96. The van der Waals surface area contributed by atoms with E-state index in [1.54, 1.807) is 36.0 Å². The molecule has 2 aromatic rings. The lowest BCUT2D eigenvalue weighted by atomic mass is 9.95. The minimum atomic E-state index is -1.13. The highest BCUT2D eigenvalue weighted by Crippen LogP contribution is 2.33. The van der Waals surface area contributed by atoms with Crippen LogP contribution < -0.4 is 9.64 Å². The van der Waals surface area contributed by atoms with Gasteiger partial charge in [0.2, 0.25) is 5.91 Å². The Morgan fingerprint density at radius 3 is 2.24 bits per heavy atom. The van der Waals surface area contributed by atoms with E-state index < -0.39 is 11.2 Å². The number of anilines is 1. The van der Waals surface area contributed by atoms with E-state index in [9.17, 15) is 14.4 Å². The molecule has 3 aliphatic rings. The van der Waals surface area contributed by atoms with Gasteiger partial charge in [0.25, 0.3) is 5.91 Å². The monoisotopic (exact) mass is 683 g/mol. The lowest BCUT2D eigenvalue weighted by molar-refractivity contribution is -0.147. The van der Waals surface area contributed by atoms with Gasteiger partial charge in [-0.2, -0.15) is 0 Å². The largest absolute Gasteiger partial charge is 0.476 e. The van der Waals surface area contributed by atoms with E-state index in [1.807, 2.05) is 39.0 Å². The minimum Gasteiger partial charge on any atom is -0.476 e. The van der Waals surface area contributed by atoms with Gasteiger partial charge in [0.15, 0.2) is 5.60 Å². The number of piperazine rings is 1. The number of halogens is 1. The Morgan fingerprint density at radius 1 is 0.933 bits per heavy atom. The summed E-state index contributed by atoms with van der Waals surface area (Å²) in [6.45, 7) is 12.8. The van der Waals surface area contributed by atoms with Crippen LogP contribution in [0.25, 0.3) is 0 Å². The van der Waals surface area contributed by atoms with Crippen molar-refractivity contribution in [1.29, 1.82) is 0 Å². The van der Waals surface area contributed by atoms with E-state index in [4.69, 9.17) is 9.47 Å². The second-order valence-corrected chi connectivity index (χ2v) is 14.8. The summed E-state index contributed by atoms with van der Waals surface area (Å²) in [5.41, 5.74) is 0.323. The third kappa shape index (κ3) is 8.68. The fourth-order valence-electron chi connectivity index (χ4n) is 5.98. The first kappa shape index (κ1) is 33.0. The first-order valence-electron chi connectivity index (χ1n) is 16.0. The number of hydrogen-bond acceptors (Lipinski definition) is 7. The summed E-state index contributed by atoms with van der Waals surface area (Å²) in [4.78, 5) is 51.8. The molecule has 0 N–H and O–H groups in total. The molecule has 0 bridgehead atoms. The average Bonchev–Trinajstić information content (AvgIpc) is 3.85. The fraction of sp³-hybridized carbons (Fsp3) is 0.588. The van der Waals surface area contributed by atoms with Gasteiger partial charge in [0, 0.05) is 62.4 Å². The summed E-state index contributed by atoms with van der Waals surface area (Å²) in [6.07, 6.45) is 6.97. The van der Waals surface area contributed by atoms with Crippen molar-refractivity contribution in [3.63, 3.8) is 0 Å². The van der Waals surface area contributed by atoms with Crippen LogP contribution >= 0.6 is 15.9 Å². The van der Waals surface area contributed by atoms with Gasteiger partial charge < -0.3 is 29.1 Å². The standard InChI is InChI=1S/C34H46BrN5O5/c1-33(2,3)45-32(43)38-17-15-37(16-18-38)31(42)34(4,5)44-29-19-28(20-36-21-29)39-14-6-7-25(23-39)30(41)40(27-12-13-27)22-24-8-10-26(35)11-9-24/h8-11,19-21,25,27H,6-7,12-18,22-23H2,1-5H3/t25-/m1/s1. The molecule has 3 heterocycles. The molecule has 1 aromatic carbocycles. The molecule has 1 saturated carbocycles. The van der Waals surface area contributed by atoms with E-state index in [1.165, 1.54) is 0 Å². The van der Waals surface area contributed by atoms with Gasteiger partial charge in [-0.1, -0.05) is 28.1 Å². The molecule has 10 nitrogen and oxygen atoms in total. The number of piperidine rings is 1. The summed E-state index contributed by atoms with van der Waals surface area (Å²) in [7, 11) is 0. The zero-order valence-corrected chi connectivity index (χ0v) is 28.7. The summed E-state index contributed by atoms with van der Waals surface area (Å²) in [5, 5.41) is 0. The Balaban J connectivity index is 1.18. The number of nitrogens with zero attached hydrogens (tertiary/aromatic N) is 5. The van der Waals surface area contributed by atoms with E-state index >= 15 is 0 Å². The molecule has 244 valence electrons. The first-order chi connectivity index (χ1) is 21.3. The number of benzene rings is 1. The van der Waals surface area contributed by atoms with Gasteiger partial charge in [-0.05, 0) is 78.0 Å². The van der Waals surface area contributed by atoms with Crippen molar-refractivity contribution in [3.05, 3.63) is 52.8 Å². The molecule has 3 amide bonds. The highest BCUT2D eigenvalue weighted by Gasteiger charge is 2.39. The number of hydrogen-bond donors (Lipinski definition) is 0. The molecular formula is C34H46BrN5O5. The molecule has 45 heavy (non-hydrogen) atoms. The van der Waals surface area contributed by atoms with Crippen LogP contribution in [-0.4, -0.2) is 94.1 Å². The number of ether oxygens (including phenoxy) is 2. The average molecular weight is 685 g/mol. The molecule has 1 aliphatic carbocycles. The molecule has 0 spiro atoms.